The number of hydrazone groups is 1. The number of aromatic hydroxyl groups is 1. The molecule has 2 aromatic rings. The number of thiocarbonyl (C=S) groups is 1. The summed E-state index contributed by atoms with van der Waals surface area (Å²) >= 11 is 5.06. The van der Waals surface area contributed by atoms with E-state index in [1.807, 2.05) is 0 Å². The van der Waals surface area contributed by atoms with Crippen molar-refractivity contribution in [1.82, 2.24) is 5.43 Å². The molecule has 0 aliphatic heterocycles. The van der Waals surface area contributed by atoms with Crippen LogP contribution < -0.4 is 10.7 Å². The van der Waals surface area contributed by atoms with Crippen LogP contribution in [0, 0.1) is 0 Å². The Labute approximate surface area is 132 Å². The standard InChI is InChI=1S/C15H13N3O3S/c19-13-6-4-10(5-7-13)9-16-18-15(22)17-12-3-1-2-11(8-12)14(20)21/h1-9,19H,(H,20,21)(H2,17,18,22)/b16-9-. The number of rotatable bonds is 4. The number of benzene rings is 2. The van der Waals surface area contributed by atoms with E-state index in [4.69, 9.17) is 22.4 Å². The molecule has 0 aromatic heterocycles. The molecule has 6 nitrogen and oxygen atoms in total. The number of phenols is 1. The SMILES string of the molecule is O=C(O)c1cccc(NC(=S)N/N=C\c2ccc(O)cc2)c1. The highest BCUT2D eigenvalue weighted by atomic mass is 32.1. The van der Waals surface area contributed by atoms with Crippen LogP contribution in [0.5, 0.6) is 5.75 Å². The lowest BCUT2D eigenvalue weighted by Crippen LogP contribution is -2.23. The average molecular weight is 315 g/mol. The van der Waals surface area contributed by atoms with E-state index in [0.29, 0.717) is 5.69 Å². The van der Waals surface area contributed by atoms with E-state index in [2.05, 4.69) is 15.8 Å². The van der Waals surface area contributed by atoms with Gasteiger partial charge in [-0.3, -0.25) is 5.43 Å². The normalized spacial score (nSPS) is 10.4. The second kappa shape index (κ2) is 7.19. The van der Waals surface area contributed by atoms with Crippen LogP contribution in [0.25, 0.3) is 0 Å². The quantitative estimate of drug-likeness (QED) is 0.393. The Balaban J connectivity index is 1.91. The van der Waals surface area contributed by atoms with Gasteiger partial charge in [0.25, 0.3) is 0 Å². The van der Waals surface area contributed by atoms with E-state index in [1.165, 1.54) is 12.1 Å². The molecule has 112 valence electrons. The Morgan fingerprint density at radius 2 is 1.91 bits per heavy atom. The molecule has 7 heteroatoms. The fraction of sp³-hybridized carbons (Fsp3) is 0. The second-order valence-electron chi connectivity index (χ2n) is 4.30. The Morgan fingerprint density at radius 3 is 2.59 bits per heavy atom. The lowest BCUT2D eigenvalue weighted by molar-refractivity contribution is 0.0697. The summed E-state index contributed by atoms with van der Waals surface area (Å²) in [7, 11) is 0. The lowest BCUT2D eigenvalue weighted by Gasteiger charge is -2.07. The van der Waals surface area contributed by atoms with Crippen LogP contribution in [-0.4, -0.2) is 27.5 Å². The van der Waals surface area contributed by atoms with E-state index < -0.39 is 5.97 Å². The van der Waals surface area contributed by atoms with Crippen molar-refractivity contribution in [3.8, 4) is 5.75 Å². The van der Waals surface area contributed by atoms with Crippen LogP contribution in [0.4, 0.5) is 5.69 Å². The molecular formula is C15H13N3O3S. The smallest absolute Gasteiger partial charge is 0.335 e. The third-order valence-electron chi connectivity index (χ3n) is 2.64. The van der Waals surface area contributed by atoms with E-state index in [-0.39, 0.29) is 16.4 Å². The summed E-state index contributed by atoms with van der Waals surface area (Å²) in [5.41, 5.74) is 4.14. The monoisotopic (exact) mass is 315 g/mol. The minimum atomic E-state index is -1.01. The molecule has 0 spiro atoms. The molecular weight excluding hydrogens is 302 g/mol. The fourth-order valence-electron chi connectivity index (χ4n) is 1.61. The minimum Gasteiger partial charge on any atom is -0.508 e. The maximum atomic E-state index is 10.9. The Morgan fingerprint density at radius 1 is 1.18 bits per heavy atom. The number of hydrogen-bond donors (Lipinski definition) is 4. The first-order valence-electron chi connectivity index (χ1n) is 6.27. The third kappa shape index (κ3) is 4.57. The molecule has 2 aromatic carbocycles. The van der Waals surface area contributed by atoms with Crippen molar-refractivity contribution in [2.24, 2.45) is 5.10 Å². The van der Waals surface area contributed by atoms with Gasteiger partial charge >= 0.3 is 5.97 Å². The molecule has 2 rings (SSSR count). The summed E-state index contributed by atoms with van der Waals surface area (Å²) in [5.74, 6) is -0.825. The van der Waals surface area contributed by atoms with Crippen molar-refractivity contribution in [3.05, 3.63) is 59.7 Å². The maximum Gasteiger partial charge on any atom is 0.335 e. The van der Waals surface area contributed by atoms with Crippen LogP contribution in [0.2, 0.25) is 0 Å². The first kappa shape index (κ1) is 15.5. The van der Waals surface area contributed by atoms with Crippen LogP contribution in [0.15, 0.2) is 53.6 Å². The van der Waals surface area contributed by atoms with Crippen molar-refractivity contribution in [2.45, 2.75) is 0 Å². The Bertz CT molecular complexity index is 714. The first-order valence-corrected chi connectivity index (χ1v) is 6.68. The van der Waals surface area contributed by atoms with Crippen LogP contribution in [0.3, 0.4) is 0 Å². The Kier molecular flexibility index (Phi) is 5.05. The number of carbonyl (C=O) groups is 1. The molecule has 0 radical (unpaired) electrons. The topological polar surface area (TPSA) is 94.0 Å². The number of hydrogen-bond acceptors (Lipinski definition) is 4. The molecule has 0 saturated carbocycles. The van der Waals surface area contributed by atoms with E-state index in [9.17, 15) is 4.79 Å². The molecule has 0 unspecified atom stereocenters. The van der Waals surface area contributed by atoms with Gasteiger partial charge in [0.05, 0.1) is 11.8 Å². The molecule has 0 amide bonds. The van der Waals surface area contributed by atoms with Crippen LogP contribution in [-0.2, 0) is 0 Å². The largest absolute Gasteiger partial charge is 0.508 e. The number of carboxylic acids is 1. The van der Waals surface area contributed by atoms with E-state index >= 15 is 0 Å². The predicted molar refractivity (Wildman–Crippen MR) is 88.5 cm³/mol. The molecule has 0 aliphatic carbocycles. The summed E-state index contributed by atoms with van der Waals surface area (Å²) in [5, 5.41) is 25.1. The number of phenolic OH excluding ortho intramolecular Hbond substituents is 1. The molecule has 22 heavy (non-hydrogen) atoms. The van der Waals surface area contributed by atoms with Gasteiger partial charge in [0.15, 0.2) is 5.11 Å². The highest BCUT2D eigenvalue weighted by Crippen LogP contribution is 2.10. The highest BCUT2D eigenvalue weighted by molar-refractivity contribution is 7.80. The van der Waals surface area contributed by atoms with Gasteiger partial charge in [-0.05, 0) is 60.2 Å². The zero-order valence-corrected chi connectivity index (χ0v) is 12.2. The predicted octanol–water partition coefficient (Wildman–Crippen LogP) is 2.41. The molecule has 0 heterocycles. The third-order valence-corrected chi connectivity index (χ3v) is 2.83. The number of aromatic carboxylic acids is 1. The van der Waals surface area contributed by atoms with Gasteiger partial charge in [-0.15, -0.1) is 0 Å². The van der Waals surface area contributed by atoms with Crippen molar-refractivity contribution >= 4 is 35.2 Å². The second-order valence-corrected chi connectivity index (χ2v) is 4.71. The summed E-state index contributed by atoms with van der Waals surface area (Å²) in [6.45, 7) is 0. The number of carboxylic acid groups (broad SMARTS) is 1. The van der Waals surface area contributed by atoms with Gasteiger partial charge in [-0.1, -0.05) is 6.07 Å². The minimum absolute atomic E-state index is 0.167. The zero-order valence-electron chi connectivity index (χ0n) is 11.4. The van der Waals surface area contributed by atoms with E-state index in [0.717, 1.165) is 5.56 Å². The van der Waals surface area contributed by atoms with Crippen molar-refractivity contribution in [1.29, 1.82) is 0 Å². The molecule has 0 aliphatic rings. The van der Waals surface area contributed by atoms with Crippen LogP contribution in [0.1, 0.15) is 15.9 Å². The fourth-order valence-corrected chi connectivity index (χ4v) is 1.79. The summed E-state index contributed by atoms with van der Waals surface area (Å²) in [6, 6.07) is 12.8. The van der Waals surface area contributed by atoms with Crippen LogP contribution >= 0.6 is 12.2 Å². The molecule has 0 fully saturated rings. The summed E-state index contributed by atoms with van der Waals surface area (Å²) in [6.07, 6.45) is 1.54. The van der Waals surface area contributed by atoms with Crippen molar-refractivity contribution in [3.63, 3.8) is 0 Å². The van der Waals surface area contributed by atoms with Gasteiger partial charge in [-0.2, -0.15) is 5.10 Å². The number of nitrogens with zero attached hydrogens (tertiary/aromatic N) is 1. The molecule has 0 atom stereocenters. The average Bonchev–Trinajstić information content (AvgIpc) is 2.49. The lowest BCUT2D eigenvalue weighted by atomic mass is 10.2. The Hall–Kier alpha value is -2.93. The van der Waals surface area contributed by atoms with Gasteiger partial charge < -0.3 is 15.5 Å². The van der Waals surface area contributed by atoms with Gasteiger partial charge in [0.1, 0.15) is 5.75 Å². The van der Waals surface area contributed by atoms with Crippen molar-refractivity contribution < 1.29 is 15.0 Å². The molecule has 0 saturated heterocycles. The van der Waals surface area contributed by atoms with Gasteiger partial charge in [-0.25, -0.2) is 4.79 Å². The number of nitrogens with one attached hydrogen (secondary N) is 2. The van der Waals surface area contributed by atoms with Gasteiger partial charge in [0, 0.05) is 5.69 Å². The van der Waals surface area contributed by atoms with Gasteiger partial charge in [0.2, 0.25) is 0 Å². The summed E-state index contributed by atoms with van der Waals surface area (Å²) < 4.78 is 0. The summed E-state index contributed by atoms with van der Waals surface area (Å²) in [4.78, 5) is 10.9. The maximum absolute atomic E-state index is 10.9. The molecule has 0 bridgehead atoms. The van der Waals surface area contributed by atoms with Crippen molar-refractivity contribution in [2.75, 3.05) is 5.32 Å². The first-order chi connectivity index (χ1) is 10.5. The number of anilines is 1. The highest BCUT2D eigenvalue weighted by Gasteiger charge is 2.03. The van der Waals surface area contributed by atoms with E-state index in [1.54, 1.807) is 42.6 Å². The zero-order chi connectivity index (χ0) is 15.9. The molecule has 4 N–H and O–H groups in total.